The molecule has 0 spiro atoms. The minimum Gasteiger partial charge on any atom is -0.489 e. The molecule has 6 heteroatoms. The van der Waals surface area contributed by atoms with Crippen LogP contribution < -0.4 is 9.47 Å². The standard InChI is InChI=1S/C12H18ClN3O2/c1-17-10-11(13)14-9-15-12(10)18-8-7-16-5-3-2-4-6-16/h9H,2-8H2,1H3. The Bertz CT molecular complexity index is 384. The first-order chi connectivity index (χ1) is 8.81. The van der Waals surface area contributed by atoms with Crippen molar-refractivity contribution in [3.8, 4) is 11.6 Å². The molecule has 1 fully saturated rings. The summed E-state index contributed by atoms with van der Waals surface area (Å²) < 4.78 is 10.7. The van der Waals surface area contributed by atoms with E-state index in [1.54, 1.807) is 0 Å². The Morgan fingerprint density at radius 3 is 2.78 bits per heavy atom. The lowest BCUT2D eigenvalue weighted by Crippen LogP contribution is -2.33. The van der Waals surface area contributed by atoms with E-state index < -0.39 is 0 Å². The van der Waals surface area contributed by atoms with Gasteiger partial charge in [-0.2, -0.15) is 4.98 Å². The average Bonchev–Trinajstić information content (AvgIpc) is 2.40. The maximum absolute atomic E-state index is 5.89. The summed E-state index contributed by atoms with van der Waals surface area (Å²) in [7, 11) is 1.53. The Labute approximate surface area is 112 Å². The third-order valence-electron chi connectivity index (χ3n) is 3.03. The summed E-state index contributed by atoms with van der Waals surface area (Å²) in [6.07, 6.45) is 5.28. The first-order valence-electron chi connectivity index (χ1n) is 6.21. The second-order valence-corrected chi connectivity index (χ2v) is 4.61. The van der Waals surface area contributed by atoms with Crippen LogP contribution >= 0.6 is 11.6 Å². The molecule has 1 aromatic heterocycles. The van der Waals surface area contributed by atoms with Crippen molar-refractivity contribution in [1.29, 1.82) is 0 Å². The predicted octanol–water partition coefficient (Wildman–Crippen LogP) is 2.00. The first-order valence-corrected chi connectivity index (χ1v) is 6.58. The summed E-state index contributed by atoms with van der Waals surface area (Å²) in [5, 5.41) is 0.278. The lowest BCUT2D eigenvalue weighted by molar-refractivity contribution is 0.177. The second kappa shape index (κ2) is 6.75. The van der Waals surface area contributed by atoms with Gasteiger partial charge in [0.2, 0.25) is 5.75 Å². The van der Waals surface area contributed by atoms with Crippen molar-refractivity contribution < 1.29 is 9.47 Å². The quantitative estimate of drug-likeness (QED) is 0.767. The Balaban J connectivity index is 1.84. The fourth-order valence-corrected chi connectivity index (χ4v) is 2.27. The van der Waals surface area contributed by atoms with Crippen LogP contribution in [0.4, 0.5) is 0 Å². The number of rotatable bonds is 5. The normalized spacial score (nSPS) is 16.6. The summed E-state index contributed by atoms with van der Waals surface area (Å²) in [5.74, 6) is 0.812. The van der Waals surface area contributed by atoms with Crippen LogP contribution in [-0.4, -0.2) is 48.2 Å². The highest BCUT2D eigenvalue weighted by Crippen LogP contribution is 2.30. The molecule has 1 saturated heterocycles. The topological polar surface area (TPSA) is 47.5 Å². The molecular formula is C12H18ClN3O2. The van der Waals surface area contributed by atoms with Gasteiger partial charge in [-0.15, -0.1) is 0 Å². The van der Waals surface area contributed by atoms with Gasteiger partial charge in [0.05, 0.1) is 7.11 Å². The van der Waals surface area contributed by atoms with E-state index in [-0.39, 0.29) is 5.15 Å². The van der Waals surface area contributed by atoms with Gasteiger partial charge in [0.25, 0.3) is 5.88 Å². The minimum atomic E-state index is 0.278. The highest BCUT2D eigenvalue weighted by atomic mass is 35.5. The highest BCUT2D eigenvalue weighted by molar-refractivity contribution is 6.31. The smallest absolute Gasteiger partial charge is 0.261 e. The van der Waals surface area contributed by atoms with Gasteiger partial charge in [-0.1, -0.05) is 18.0 Å². The second-order valence-electron chi connectivity index (χ2n) is 4.25. The molecule has 5 nitrogen and oxygen atoms in total. The number of aromatic nitrogens is 2. The van der Waals surface area contributed by atoms with Crippen LogP contribution in [0.5, 0.6) is 11.6 Å². The average molecular weight is 272 g/mol. The van der Waals surface area contributed by atoms with Crippen LogP contribution in [0.3, 0.4) is 0 Å². The van der Waals surface area contributed by atoms with E-state index in [9.17, 15) is 0 Å². The molecule has 0 saturated carbocycles. The molecule has 18 heavy (non-hydrogen) atoms. The monoisotopic (exact) mass is 271 g/mol. The maximum Gasteiger partial charge on any atom is 0.261 e. The molecule has 1 aliphatic rings. The zero-order valence-electron chi connectivity index (χ0n) is 10.6. The minimum absolute atomic E-state index is 0.278. The molecule has 2 heterocycles. The highest BCUT2D eigenvalue weighted by Gasteiger charge is 2.13. The number of piperidine rings is 1. The van der Waals surface area contributed by atoms with Crippen LogP contribution in [0.2, 0.25) is 5.15 Å². The molecule has 0 radical (unpaired) electrons. The molecule has 1 aromatic rings. The molecule has 0 N–H and O–H groups in total. The first kappa shape index (κ1) is 13.4. The largest absolute Gasteiger partial charge is 0.489 e. The number of ether oxygens (including phenoxy) is 2. The van der Waals surface area contributed by atoms with Crippen molar-refractivity contribution in [3.05, 3.63) is 11.5 Å². The number of halogens is 1. The van der Waals surface area contributed by atoms with Crippen molar-refractivity contribution in [2.24, 2.45) is 0 Å². The van der Waals surface area contributed by atoms with Crippen molar-refractivity contribution in [2.45, 2.75) is 19.3 Å². The van der Waals surface area contributed by atoms with Gasteiger partial charge in [-0.25, -0.2) is 4.98 Å². The zero-order chi connectivity index (χ0) is 12.8. The Morgan fingerprint density at radius 2 is 2.06 bits per heavy atom. The third-order valence-corrected chi connectivity index (χ3v) is 3.30. The molecule has 0 atom stereocenters. The summed E-state index contributed by atoms with van der Waals surface area (Å²) in [6.45, 7) is 3.81. The Morgan fingerprint density at radius 1 is 1.28 bits per heavy atom. The number of nitrogens with zero attached hydrogens (tertiary/aromatic N) is 3. The molecule has 1 aliphatic heterocycles. The van der Waals surface area contributed by atoms with Crippen molar-refractivity contribution in [2.75, 3.05) is 33.4 Å². The lowest BCUT2D eigenvalue weighted by atomic mass is 10.1. The zero-order valence-corrected chi connectivity index (χ0v) is 11.3. The van der Waals surface area contributed by atoms with Gasteiger partial charge in [-0.3, -0.25) is 4.90 Å². The van der Waals surface area contributed by atoms with Gasteiger partial charge in [0.15, 0.2) is 5.15 Å². The van der Waals surface area contributed by atoms with Gasteiger partial charge in [0.1, 0.15) is 12.9 Å². The summed E-state index contributed by atoms with van der Waals surface area (Å²) in [5.41, 5.74) is 0. The number of likely N-dealkylation sites (tertiary alicyclic amines) is 1. The SMILES string of the molecule is COc1c(Cl)ncnc1OCCN1CCCCC1. The van der Waals surface area contributed by atoms with Gasteiger partial charge in [-0.05, 0) is 25.9 Å². The van der Waals surface area contributed by atoms with E-state index in [0.29, 0.717) is 18.2 Å². The maximum atomic E-state index is 5.89. The van der Waals surface area contributed by atoms with Crippen LogP contribution in [0.1, 0.15) is 19.3 Å². The van der Waals surface area contributed by atoms with Gasteiger partial charge < -0.3 is 9.47 Å². The van der Waals surface area contributed by atoms with E-state index in [4.69, 9.17) is 21.1 Å². The molecule has 2 rings (SSSR count). The molecule has 0 unspecified atom stereocenters. The van der Waals surface area contributed by atoms with E-state index >= 15 is 0 Å². The third kappa shape index (κ3) is 3.46. The van der Waals surface area contributed by atoms with E-state index in [0.717, 1.165) is 19.6 Å². The van der Waals surface area contributed by atoms with Crippen LogP contribution in [0.25, 0.3) is 0 Å². The molecule has 0 aliphatic carbocycles. The molecule has 0 aromatic carbocycles. The molecular weight excluding hydrogens is 254 g/mol. The van der Waals surface area contributed by atoms with Crippen LogP contribution in [-0.2, 0) is 0 Å². The number of hydrogen-bond donors (Lipinski definition) is 0. The van der Waals surface area contributed by atoms with Crippen LogP contribution in [0, 0.1) is 0 Å². The fraction of sp³-hybridized carbons (Fsp3) is 0.667. The summed E-state index contributed by atoms with van der Waals surface area (Å²) in [6, 6.07) is 0. The summed E-state index contributed by atoms with van der Waals surface area (Å²) in [4.78, 5) is 10.3. The number of hydrogen-bond acceptors (Lipinski definition) is 5. The summed E-state index contributed by atoms with van der Waals surface area (Å²) >= 11 is 5.89. The lowest BCUT2D eigenvalue weighted by Gasteiger charge is -2.26. The van der Waals surface area contributed by atoms with Gasteiger partial charge >= 0.3 is 0 Å². The predicted molar refractivity (Wildman–Crippen MR) is 69.4 cm³/mol. The molecule has 0 bridgehead atoms. The Kier molecular flexibility index (Phi) is 5.01. The van der Waals surface area contributed by atoms with Crippen LogP contribution in [0.15, 0.2) is 6.33 Å². The Hall–Kier alpha value is -1.07. The molecule has 0 amide bonds. The van der Waals surface area contributed by atoms with Crippen molar-refractivity contribution >= 4 is 11.6 Å². The van der Waals surface area contributed by atoms with E-state index in [2.05, 4.69) is 14.9 Å². The van der Waals surface area contributed by atoms with Gasteiger partial charge in [0, 0.05) is 6.54 Å². The van der Waals surface area contributed by atoms with Crippen molar-refractivity contribution in [3.63, 3.8) is 0 Å². The van der Waals surface area contributed by atoms with E-state index in [1.165, 1.54) is 32.7 Å². The van der Waals surface area contributed by atoms with Crippen molar-refractivity contribution in [1.82, 2.24) is 14.9 Å². The fourth-order valence-electron chi connectivity index (χ4n) is 2.07. The molecule has 100 valence electrons. The van der Waals surface area contributed by atoms with E-state index in [1.807, 2.05) is 0 Å². The number of methoxy groups -OCH3 is 1.